The Kier molecular flexibility index (Phi) is 4.26. The molecule has 130 valence electrons. The van der Waals surface area contributed by atoms with Crippen LogP contribution < -0.4 is 5.32 Å². The highest BCUT2D eigenvalue weighted by molar-refractivity contribution is 7.13. The largest absolute Gasteiger partial charge is 0.300 e. The first kappa shape index (κ1) is 16.5. The smallest absolute Gasteiger partial charge is 0.250 e. The van der Waals surface area contributed by atoms with Crippen LogP contribution in [0.25, 0.3) is 21.9 Å². The number of aromatic nitrogens is 3. The Morgan fingerprint density at radius 3 is 2.81 bits per heavy atom. The average molecular weight is 362 g/mol. The molecule has 4 rings (SSSR count). The van der Waals surface area contributed by atoms with Crippen LogP contribution in [0.4, 0.5) is 5.13 Å². The first-order valence-corrected chi connectivity index (χ1v) is 9.25. The number of nitrogens with zero attached hydrogens (tertiary/aromatic N) is 3. The Bertz CT molecular complexity index is 1080. The summed E-state index contributed by atoms with van der Waals surface area (Å²) in [6, 6.07) is 14.0. The van der Waals surface area contributed by atoms with Gasteiger partial charge in [0.25, 0.3) is 5.91 Å². The van der Waals surface area contributed by atoms with E-state index < -0.39 is 6.04 Å². The zero-order chi connectivity index (χ0) is 18.1. The third kappa shape index (κ3) is 3.11. The number of carbonyl (C=O) groups excluding carboxylic acids is 1. The van der Waals surface area contributed by atoms with E-state index in [0.717, 1.165) is 16.8 Å². The molecule has 2 heterocycles. The molecule has 4 aromatic rings. The minimum Gasteiger partial charge on any atom is -0.300 e. The van der Waals surface area contributed by atoms with Crippen molar-refractivity contribution >= 4 is 33.1 Å². The van der Waals surface area contributed by atoms with Crippen molar-refractivity contribution in [2.24, 2.45) is 0 Å². The van der Waals surface area contributed by atoms with Gasteiger partial charge in [0, 0.05) is 17.1 Å². The number of hydrogen-bond donors (Lipinski definition) is 1. The standard InChI is InChI=1S/C20H18N4OS/c1-13-12-26-20(22-13)23-19(25)14(2)24-11-16(10-21-24)18-9-5-7-15-6-3-4-8-17(15)18/h3-12,14H,1-2H3,(H,22,23,25). The second kappa shape index (κ2) is 6.72. The quantitative estimate of drug-likeness (QED) is 0.574. The molecule has 0 aliphatic heterocycles. The molecule has 1 atom stereocenters. The predicted octanol–water partition coefficient (Wildman–Crippen LogP) is 4.67. The maximum atomic E-state index is 12.5. The molecule has 0 fully saturated rings. The summed E-state index contributed by atoms with van der Waals surface area (Å²) in [6.45, 7) is 3.73. The number of nitrogens with one attached hydrogen (secondary N) is 1. The van der Waals surface area contributed by atoms with Gasteiger partial charge < -0.3 is 5.32 Å². The minimum absolute atomic E-state index is 0.132. The molecular weight excluding hydrogens is 344 g/mol. The summed E-state index contributed by atoms with van der Waals surface area (Å²) in [6.07, 6.45) is 3.72. The third-order valence-electron chi connectivity index (χ3n) is 4.33. The molecule has 26 heavy (non-hydrogen) atoms. The lowest BCUT2D eigenvalue weighted by atomic mass is 10.0. The molecule has 0 spiro atoms. The van der Waals surface area contributed by atoms with Gasteiger partial charge in [0.1, 0.15) is 6.04 Å². The molecule has 5 nitrogen and oxygen atoms in total. The van der Waals surface area contributed by atoms with Crippen molar-refractivity contribution in [2.45, 2.75) is 19.9 Å². The van der Waals surface area contributed by atoms with Gasteiger partial charge in [0.15, 0.2) is 5.13 Å². The Labute approximate surface area is 155 Å². The Balaban J connectivity index is 1.60. The van der Waals surface area contributed by atoms with Crippen LogP contribution in [0.1, 0.15) is 18.7 Å². The van der Waals surface area contributed by atoms with E-state index >= 15 is 0 Å². The zero-order valence-corrected chi connectivity index (χ0v) is 15.3. The van der Waals surface area contributed by atoms with Crippen molar-refractivity contribution in [3.05, 3.63) is 65.9 Å². The van der Waals surface area contributed by atoms with Gasteiger partial charge in [-0.15, -0.1) is 11.3 Å². The molecule has 0 aliphatic rings. The fourth-order valence-electron chi connectivity index (χ4n) is 2.91. The first-order valence-electron chi connectivity index (χ1n) is 8.37. The summed E-state index contributed by atoms with van der Waals surface area (Å²) < 4.78 is 1.69. The second-order valence-corrected chi connectivity index (χ2v) is 7.05. The zero-order valence-electron chi connectivity index (χ0n) is 14.5. The van der Waals surface area contributed by atoms with Crippen LogP contribution in [0.2, 0.25) is 0 Å². The fraction of sp³-hybridized carbons (Fsp3) is 0.150. The number of anilines is 1. The van der Waals surface area contributed by atoms with Gasteiger partial charge in [-0.05, 0) is 30.2 Å². The van der Waals surface area contributed by atoms with Crippen LogP contribution in [0, 0.1) is 6.92 Å². The molecule has 0 saturated carbocycles. The SMILES string of the molecule is Cc1csc(NC(=O)C(C)n2cc(-c3cccc4ccccc34)cn2)n1. The molecule has 0 aliphatic carbocycles. The Morgan fingerprint density at radius 2 is 2.00 bits per heavy atom. The fourth-order valence-corrected chi connectivity index (χ4v) is 3.60. The molecule has 0 radical (unpaired) electrons. The monoisotopic (exact) mass is 362 g/mol. The van der Waals surface area contributed by atoms with Gasteiger partial charge in [-0.25, -0.2) is 4.98 Å². The van der Waals surface area contributed by atoms with E-state index in [9.17, 15) is 4.79 Å². The van der Waals surface area contributed by atoms with Crippen LogP contribution in [0.15, 0.2) is 60.2 Å². The lowest BCUT2D eigenvalue weighted by Gasteiger charge is -2.11. The summed E-state index contributed by atoms with van der Waals surface area (Å²) in [5.74, 6) is -0.132. The lowest BCUT2D eigenvalue weighted by molar-refractivity contribution is -0.119. The number of amides is 1. The molecule has 6 heteroatoms. The van der Waals surface area contributed by atoms with Gasteiger partial charge in [-0.3, -0.25) is 9.48 Å². The summed E-state index contributed by atoms with van der Waals surface area (Å²) in [5, 5.41) is 12.1. The van der Waals surface area contributed by atoms with Crippen LogP contribution in [-0.4, -0.2) is 20.7 Å². The van der Waals surface area contributed by atoms with E-state index in [4.69, 9.17) is 0 Å². The van der Waals surface area contributed by atoms with Crippen LogP contribution in [-0.2, 0) is 4.79 Å². The van der Waals surface area contributed by atoms with Crippen molar-refractivity contribution in [3.8, 4) is 11.1 Å². The van der Waals surface area contributed by atoms with Crippen LogP contribution in [0.5, 0.6) is 0 Å². The highest BCUT2D eigenvalue weighted by Gasteiger charge is 2.18. The van der Waals surface area contributed by atoms with Crippen molar-refractivity contribution in [1.82, 2.24) is 14.8 Å². The normalized spacial score (nSPS) is 12.2. The molecule has 1 unspecified atom stereocenters. The van der Waals surface area contributed by atoms with E-state index in [0.29, 0.717) is 5.13 Å². The van der Waals surface area contributed by atoms with E-state index in [2.05, 4.69) is 39.7 Å². The van der Waals surface area contributed by atoms with Gasteiger partial charge in [-0.2, -0.15) is 5.10 Å². The number of aryl methyl sites for hydroxylation is 1. The Morgan fingerprint density at radius 1 is 1.19 bits per heavy atom. The maximum Gasteiger partial charge on any atom is 0.250 e. The van der Waals surface area contributed by atoms with Crippen LogP contribution >= 0.6 is 11.3 Å². The van der Waals surface area contributed by atoms with E-state index in [1.54, 1.807) is 10.9 Å². The molecule has 1 amide bonds. The molecular formula is C20H18N4OS. The average Bonchev–Trinajstić information content (AvgIpc) is 3.30. The van der Waals surface area contributed by atoms with Gasteiger partial charge in [0.2, 0.25) is 0 Å². The third-order valence-corrected chi connectivity index (χ3v) is 5.20. The maximum absolute atomic E-state index is 12.5. The molecule has 0 bridgehead atoms. The molecule has 2 aromatic carbocycles. The highest BCUT2D eigenvalue weighted by atomic mass is 32.1. The minimum atomic E-state index is -0.428. The van der Waals surface area contributed by atoms with Gasteiger partial charge in [0.05, 0.1) is 11.9 Å². The van der Waals surface area contributed by atoms with E-state index in [1.807, 2.05) is 43.6 Å². The number of thiazole rings is 1. The first-order chi connectivity index (χ1) is 12.6. The van der Waals surface area contributed by atoms with Gasteiger partial charge in [-0.1, -0.05) is 42.5 Å². The second-order valence-electron chi connectivity index (χ2n) is 6.19. The Hall–Kier alpha value is -2.99. The van der Waals surface area contributed by atoms with Gasteiger partial charge >= 0.3 is 0 Å². The lowest BCUT2D eigenvalue weighted by Crippen LogP contribution is -2.23. The van der Waals surface area contributed by atoms with Crippen LogP contribution in [0.3, 0.4) is 0 Å². The summed E-state index contributed by atoms with van der Waals surface area (Å²) >= 11 is 1.42. The molecule has 0 saturated heterocycles. The molecule has 2 aromatic heterocycles. The topological polar surface area (TPSA) is 59.8 Å². The van der Waals surface area contributed by atoms with Crippen molar-refractivity contribution in [1.29, 1.82) is 0 Å². The van der Waals surface area contributed by atoms with Crippen molar-refractivity contribution < 1.29 is 4.79 Å². The number of benzene rings is 2. The number of rotatable bonds is 4. The number of fused-ring (bicyclic) bond motifs is 1. The molecule has 1 N–H and O–H groups in total. The highest BCUT2D eigenvalue weighted by Crippen LogP contribution is 2.28. The van der Waals surface area contributed by atoms with E-state index in [-0.39, 0.29) is 5.91 Å². The predicted molar refractivity (Wildman–Crippen MR) is 105 cm³/mol. The van der Waals surface area contributed by atoms with E-state index in [1.165, 1.54) is 22.1 Å². The van der Waals surface area contributed by atoms with Crippen molar-refractivity contribution in [2.75, 3.05) is 5.32 Å². The number of carbonyl (C=O) groups is 1. The van der Waals surface area contributed by atoms with Crippen molar-refractivity contribution in [3.63, 3.8) is 0 Å². The summed E-state index contributed by atoms with van der Waals surface area (Å²) in [5.41, 5.74) is 3.00. The summed E-state index contributed by atoms with van der Waals surface area (Å²) in [4.78, 5) is 16.7. The number of hydrogen-bond acceptors (Lipinski definition) is 4. The summed E-state index contributed by atoms with van der Waals surface area (Å²) in [7, 11) is 0.